The molecule has 0 aliphatic heterocycles. The van der Waals surface area contributed by atoms with E-state index in [-0.39, 0.29) is 18.6 Å². The molecule has 1 rings (SSSR count). The maximum Gasteiger partial charge on any atom is 0.260 e. The summed E-state index contributed by atoms with van der Waals surface area (Å²) in [5.74, 6) is 0.474. The summed E-state index contributed by atoms with van der Waals surface area (Å²) in [4.78, 5) is 13.5. The van der Waals surface area contributed by atoms with Crippen LogP contribution in [-0.2, 0) is 11.3 Å². The van der Waals surface area contributed by atoms with Crippen molar-refractivity contribution in [2.75, 3.05) is 13.7 Å². The van der Waals surface area contributed by atoms with E-state index in [2.05, 4.69) is 19.2 Å². The lowest BCUT2D eigenvalue weighted by Gasteiger charge is -2.21. The highest BCUT2D eigenvalue weighted by atomic mass is 35.5. The van der Waals surface area contributed by atoms with Crippen molar-refractivity contribution in [1.82, 2.24) is 10.2 Å². The molecule has 0 spiro atoms. The van der Waals surface area contributed by atoms with E-state index in [1.807, 2.05) is 32.0 Å². The molecule has 0 bridgehead atoms. The first-order valence-electron chi connectivity index (χ1n) is 7.21. The number of carbonyl (C=O) groups excluding carboxylic acids is 1. The zero-order valence-electron chi connectivity index (χ0n) is 13.4. The largest absolute Gasteiger partial charge is 0.482 e. The topological polar surface area (TPSA) is 41.6 Å². The molecule has 1 aromatic carbocycles. The van der Waals surface area contributed by atoms with E-state index in [9.17, 15) is 4.79 Å². The number of nitrogens with one attached hydrogen (secondary N) is 1. The van der Waals surface area contributed by atoms with Crippen LogP contribution in [0.1, 0.15) is 33.3 Å². The van der Waals surface area contributed by atoms with Crippen molar-refractivity contribution in [1.29, 1.82) is 0 Å². The van der Waals surface area contributed by atoms with E-state index in [0.717, 1.165) is 12.1 Å². The number of carbonyl (C=O) groups is 1. The van der Waals surface area contributed by atoms with Crippen molar-refractivity contribution in [3.8, 4) is 5.75 Å². The van der Waals surface area contributed by atoms with Crippen LogP contribution in [0.5, 0.6) is 5.75 Å². The summed E-state index contributed by atoms with van der Waals surface area (Å²) in [5, 5.41) is 3.85. The van der Waals surface area contributed by atoms with E-state index >= 15 is 0 Å². The van der Waals surface area contributed by atoms with Crippen LogP contribution in [0.25, 0.3) is 0 Å². The number of halogens is 1. The summed E-state index contributed by atoms with van der Waals surface area (Å²) in [6.07, 6.45) is 0. The molecule has 1 aromatic rings. The number of likely N-dealkylation sites (N-methyl/N-ethyl adjacent to an activating group) is 1. The number of amides is 1. The number of hydrogen-bond donors (Lipinski definition) is 1. The average Bonchev–Trinajstić information content (AvgIpc) is 2.42. The monoisotopic (exact) mass is 312 g/mol. The van der Waals surface area contributed by atoms with Gasteiger partial charge in [-0.15, -0.1) is 0 Å². The smallest absolute Gasteiger partial charge is 0.260 e. The highest BCUT2D eigenvalue weighted by Gasteiger charge is 2.13. The summed E-state index contributed by atoms with van der Waals surface area (Å²) in [7, 11) is 1.76. The fraction of sp³-hybridized carbons (Fsp3) is 0.562. The molecule has 0 heterocycles. The van der Waals surface area contributed by atoms with Crippen LogP contribution < -0.4 is 10.1 Å². The summed E-state index contributed by atoms with van der Waals surface area (Å²) in [6, 6.07) is 6.20. The predicted octanol–water partition coefficient (Wildman–Crippen LogP) is 3.08. The second-order valence-corrected chi connectivity index (χ2v) is 6.09. The maximum atomic E-state index is 11.9. The van der Waals surface area contributed by atoms with Crippen LogP contribution >= 0.6 is 11.6 Å². The van der Waals surface area contributed by atoms with Crippen LogP contribution in [-0.4, -0.2) is 36.5 Å². The zero-order chi connectivity index (χ0) is 16.0. The molecule has 0 aliphatic carbocycles. The number of rotatable bonds is 7. The Labute approximate surface area is 132 Å². The SMILES string of the molecule is CC(C)NCc1ccc(OCC(=O)N(C)C(C)C)c(Cl)c1. The Hall–Kier alpha value is -1.26. The fourth-order valence-corrected chi connectivity index (χ4v) is 1.88. The second-order valence-electron chi connectivity index (χ2n) is 5.69. The Morgan fingerprint density at radius 2 is 2.00 bits per heavy atom. The Bertz CT molecular complexity index is 475. The van der Waals surface area contributed by atoms with Gasteiger partial charge in [0.05, 0.1) is 5.02 Å². The Kier molecular flexibility index (Phi) is 6.99. The molecule has 118 valence electrons. The molecule has 0 atom stereocenters. The molecule has 0 saturated carbocycles. The summed E-state index contributed by atoms with van der Waals surface area (Å²) < 4.78 is 5.51. The van der Waals surface area contributed by atoms with Gasteiger partial charge in [-0.25, -0.2) is 0 Å². The summed E-state index contributed by atoms with van der Waals surface area (Å²) in [6.45, 7) is 8.86. The predicted molar refractivity (Wildman–Crippen MR) is 86.8 cm³/mol. The third-order valence-electron chi connectivity index (χ3n) is 3.23. The Morgan fingerprint density at radius 1 is 1.33 bits per heavy atom. The van der Waals surface area contributed by atoms with E-state index < -0.39 is 0 Å². The third kappa shape index (κ3) is 5.94. The van der Waals surface area contributed by atoms with Gasteiger partial charge in [-0.3, -0.25) is 4.79 Å². The molecule has 0 fully saturated rings. The van der Waals surface area contributed by atoms with Crippen molar-refractivity contribution in [3.63, 3.8) is 0 Å². The minimum Gasteiger partial charge on any atom is -0.482 e. The fourth-order valence-electron chi connectivity index (χ4n) is 1.62. The van der Waals surface area contributed by atoms with Gasteiger partial charge >= 0.3 is 0 Å². The van der Waals surface area contributed by atoms with Gasteiger partial charge in [-0.2, -0.15) is 0 Å². The highest BCUT2D eigenvalue weighted by Crippen LogP contribution is 2.25. The quantitative estimate of drug-likeness (QED) is 0.841. The van der Waals surface area contributed by atoms with Crippen LogP contribution in [0.2, 0.25) is 5.02 Å². The van der Waals surface area contributed by atoms with Gasteiger partial charge in [-0.05, 0) is 31.5 Å². The molecule has 0 radical (unpaired) electrons. The van der Waals surface area contributed by atoms with Gasteiger partial charge in [0, 0.05) is 25.7 Å². The van der Waals surface area contributed by atoms with Crippen LogP contribution in [0.4, 0.5) is 0 Å². The molecule has 0 unspecified atom stereocenters. The van der Waals surface area contributed by atoms with Gasteiger partial charge in [0.1, 0.15) is 5.75 Å². The molecule has 5 heteroatoms. The first kappa shape index (κ1) is 17.8. The molecular formula is C16H25ClN2O2. The number of hydrogen-bond acceptors (Lipinski definition) is 3. The molecule has 0 aromatic heterocycles. The van der Waals surface area contributed by atoms with Gasteiger partial charge in [0.25, 0.3) is 5.91 Å². The van der Waals surface area contributed by atoms with Gasteiger partial charge in [0.15, 0.2) is 6.61 Å². The normalized spacial score (nSPS) is 11.0. The summed E-state index contributed by atoms with van der Waals surface area (Å²) >= 11 is 6.19. The number of ether oxygens (including phenoxy) is 1. The lowest BCUT2D eigenvalue weighted by molar-refractivity contribution is -0.133. The second kappa shape index (κ2) is 8.25. The van der Waals surface area contributed by atoms with Gasteiger partial charge < -0.3 is 15.0 Å². The van der Waals surface area contributed by atoms with Gasteiger partial charge in [0.2, 0.25) is 0 Å². The molecule has 1 N–H and O–H groups in total. The Morgan fingerprint density at radius 3 is 2.52 bits per heavy atom. The van der Waals surface area contributed by atoms with Crippen molar-refractivity contribution < 1.29 is 9.53 Å². The molecule has 0 saturated heterocycles. The Balaban J connectivity index is 2.58. The van der Waals surface area contributed by atoms with Crippen molar-refractivity contribution in [3.05, 3.63) is 28.8 Å². The van der Waals surface area contributed by atoms with Gasteiger partial charge in [-0.1, -0.05) is 31.5 Å². The van der Waals surface area contributed by atoms with Crippen LogP contribution in [0, 0.1) is 0 Å². The lowest BCUT2D eigenvalue weighted by Crippen LogP contribution is -2.36. The van der Waals surface area contributed by atoms with E-state index in [1.54, 1.807) is 11.9 Å². The average molecular weight is 313 g/mol. The highest BCUT2D eigenvalue weighted by molar-refractivity contribution is 6.32. The minimum atomic E-state index is -0.0633. The zero-order valence-corrected chi connectivity index (χ0v) is 14.2. The van der Waals surface area contributed by atoms with Crippen molar-refractivity contribution in [2.45, 2.75) is 46.3 Å². The number of nitrogens with zero attached hydrogens (tertiary/aromatic N) is 1. The standard InChI is InChI=1S/C16H25ClN2O2/c1-11(2)18-9-13-6-7-15(14(17)8-13)21-10-16(20)19(5)12(3)4/h6-8,11-12,18H,9-10H2,1-5H3. The first-order valence-corrected chi connectivity index (χ1v) is 7.59. The molecule has 0 aliphatic rings. The van der Waals surface area contributed by atoms with Crippen molar-refractivity contribution >= 4 is 17.5 Å². The minimum absolute atomic E-state index is 0.00199. The first-order chi connectivity index (χ1) is 9.81. The van der Waals surface area contributed by atoms with Crippen molar-refractivity contribution in [2.24, 2.45) is 0 Å². The van der Waals surface area contributed by atoms with E-state index in [1.165, 1.54) is 0 Å². The van der Waals surface area contributed by atoms with Crippen LogP contribution in [0.15, 0.2) is 18.2 Å². The molecular weight excluding hydrogens is 288 g/mol. The maximum absolute atomic E-state index is 11.9. The molecule has 4 nitrogen and oxygen atoms in total. The summed E-state index contributed by atoms with van der Waals surface area (Å²) in [5.41, 5.74) is 1.09. The van der Waals surface area contributed by atoms with E-state index in [0.29, 0.717) is 16.8 Å². The van der Waals surface area contributed by atoms with Crippen LogP contribution in [0.3, 0.4) is 0 Å². The lowest BCUT2D eigenvalue weighted by atomic mass is 10.2. The third-order valence-corrected chi connectivity index (χ3v) is 3.53. The van der Waals surface area contributed by atoms with E-state index in [4.69, 9.17) is 16.3 Å². The molecule has 21 heavy (non-hydrogen) atoms. The number of benzene rings is 1. The molecule has 1 amide bonds.